The molecule has 0 amide bonds. The Labute approximate surface area is 126 Å². The highest BCUT2D eigenvalue weighted by Crippen LogP contribution is 2.37. The van der Waals surface area contributed by atoms with Gasteiger partial charge in [-0.15, -0.1) is 0 Å². The van der Waals surface area contributed by atoms with Crippen molar-refractivity contribution in [1.82, 2.24) is 0 Å². The molecule has 2 rings (SSSR count). The van der Waals surface area contributed by atoms with E-state index < -0.39 is 0 Å². The van der Waals surface area contributed by atoms with Crippen molar-refractivity contribution in [1.29, 1.82) is 0 Å². The predicted molar refractivity (Wildman–Crippen MR) is 81.5 cm³/mol. The average Bonchev–Trinajstić information content (AvgIpc) is 2.48. The highest BCUT2D eigenvalue weighted by atomic mass is 79.9. The first kappa shape index (κ1) is 15.1. The molecule has 0 saturated heterocycles. The Morgan fingerprint density at radius 1 is 1.00 bits per heavy atom. The number of hydrogen-bond acceptors (Lipinski definition) is 4. The third-order valence-corrected chi connectivity index (χ3v) is 3.49. The van der Waals surface area contributed by atoms with Crippen LogP contribution < -0.4 is 9.47 Å². The van der Waals surface area contributed by atoms with E-state index in [4.69, 9.17) is 18.9 Å². The second-order valence-corrected chi connectivity index (χ2v) is 4.95. The van der Waals surface area contributed by atoms with E-state index in [1.165, 1.54) is 0 Å². The fraction of sp³-hybridized carbons (Fsp3) is 0.333. The van der Waals surface area contributed by atoms with Crippen LogP contribution in [0.3, 0.4) is 0 Å². The summed E-state index contributed by atoms with van der Waals surface area (Å²) in [5, 5.41) is 1.99. The summed E-state index contributed by atoms with van der Waals surface area (Å²) >= 11 is 3.50. The maximum absolute atomic E-state index is 5.72. The lowest BCUT2D eigenvalue weighted by Crippen LogP contribution is -2.08. The minimum absolute atomic E-state index is 0.179. The van der Waals surface area contributed by atoms with Crippen molar-refractivity contribution in [3.8, 4) is 11.5 Å². The van der Waals surface area contributed by atoms with Crippen LogP contribution in [0.4, 0.5) is 0 Å². The fourth-order valence-corrected chi connectivity index (χ4v) is 2.36. The lowest BCUT2D eigenvalue weighted by Gasteiger charge is -2.13. The summed E-state index contributed by atoms with van der Waals surface area (Å²) in [4.78, 5) is 0. The minimum Gasteiger partial charge on any atom is -0.496 e. The zero-order valence-corrected chi connectivity index (χ0v) is 13.1. The van der Waals surface area contributed by atoms with Crippen molar-refractivity contribution in [2.45, 2.75) is 0 Å². The van der Waals surface area contributed by atoms with Crippen molar-refractivity contribution in [2.75, 3.05) is 34.2 Å². The number of fused-ring (bicyclic) bond motifs is 1. The van der Waals surface area contributed by atoms with Gasteiger partial charge >= 0.3 is 0 Å². The Morgan fingerprint density at radius 3 is 2.60 bits per heavy atom. The molecule has 20 heavy (non-hydrogen) atoms. The van der Waals surface area contributed by atoms with E-state index in [-0.39, 0.29) is 6.79 Å². The molecule has 2 aromatic rings. The summed E-state index contributed by atoms with van der Waals surface area (Å²) in [5.74, 6) is 1.57. The third kappa shape index (κ3) is 3.42. The van der Waals surface area contributed by atoms with Crippen LogP contribution in [-0.4, -0.2) is 34.2 Å². The van der Waals surface area contributed by atoms with Gasteiger partial charge < -0.3 is 18.9 Å². The highest BCUT2D eigenvalue weighted by molar-refractivity contribution is 9.10. The van der Waals surface area contributed by atoms with Crippen LogP contribution in [0.2, 0.25) is 0 Å². The maximum atomic E-state index is 5.72. The molecule has 0 aliphatic rings. The Hall–Kier alpha value is -1.30. The Morgan fingerprint density at radius 2 is 1.85 bits per heavy atom. The van der Waals surface area contributed by atoms with Crippen LogP contribution in [0.25, 0.3) is 10.8 Å². The Bertz CT molecular complexity index is 571. The smallest absolute Gasteiger partial charge is 0.189 e. The molecule has 4 nitrogen and oxygen atoms in total. The van der Waals surface area contributed by atoms with Crippen LogP contribution in [0.15, 0.2) is 34.8 Å². The Balaban J connectivity index is 2.21. The molecular formula is C15H17BrO4. The van der Waals surface area contributed by atoms with Crippen molar-refractivity contribution >= 4 is 26.7 Å². The topological polar surface area (TPSA) is 36.9 Å². The molecule has 0 unspecified atom stereocenters. The number of halogens is 1. The van der Waals surface area contributed by atoms with Gasteiger partial charge in [-0.2, -0.15) is 0 Å². The molecule has 0 radical (unpaired) electrons. The molecule has 0 aromatic heterocycles. The van der Waals surface area contributed by atoms with E-state index in [0.29, 0.717) is 13.2 Å². The number of methoxy groups -OCH3 is 2. The van der Waals surface area contributed by atoms with E-state index in [1.807, 2.05) is 30.3 Å². The molecule has 0 bridgehead atoms. The van der Waals surface area contributed by atoms with Gasteiger partial charge in [-0.3, -0.25) is 0 Å². The van der Waals surface area contributed by atoms with Gasteiger partial charge in [0, 0.05) is 17.9 Å². The van der Waals surface area contributed by atoms with Gasteiger partial charge in [-0.1, -0.05) is 12.1 Å². The van der Waals surface area contributed by atoms with E-state index in [9.17, 15) is 0 Å². The normalized spacial score (nSPS) is 10.8. The molecule has 0 heterocycles. The lowest BCUT2D eigenvalue weighted by molar-refractivity contribution is -0.00811. The van der Waals surface area contributed by atoms with Crippen LogP contribution in [0.1, 0.15) is 0 Å². The zero-order chi connectivity index (χ0) is 14.4. The molecule has 0 fully saturated rings. The molecule has 108 valence electrons. The van der Waals surface area contributed by atoms with Crippen LogP contribution in [-0.2, 0) is 9.47 Å². The summed E-state index contributed by atoms with van der Waals surface area (Å²) in [6, 6.07) is 9.79. The summed E-state index contributed by atoms with van der Waals surface area (Å²) < 4.78 is 22.2. The number of benzene rings is 2. The van der Waals surface area contributed by atoms with Gasteiger partial charge in [-0.25, -0.2) is 0 Å². The van der Waals surface area contributed by atoms with Gasteiger partial charge in [0.25, 0.3) is 0 Å². The molecule has 0 aliphatic carbocycles. The quantitative estimate of drug-likeness (QED) is 0.570. The SMILES string of the molecule is COCCOCOc1c(Br)ccc2c(OC)cccc12. The number of rotatable bonds is 7. The first-order valence-corrected chi connectivity index (χ1v) is 7.02. The molecule has 0 atom stereocenters. The van der Waals surface area contributed by atoms with Crippen molar-refractivity contribution in [3.63, 3.8) is 0 Å². The van der Waals surface area contributed by atoms with Crippen LogP contribution in [0.5, 0.6) is 11.5 Å². The summed E-state index contributed by atoms with van der Waals surface area (Å²) in [5.41, 5.74) is 0. The third-order valence-electron chi connectivity index (χ3n) is 2.86. The van der Waals surface area contributed by atoms with Crippen LogP contribution >= 0.6 is 15.9 Å². The van der Waals surface area contributed by atoms with E-state index in [0.717, 1.165) is 26.7 Å². The zero-order valence-electron chi connectivity index (χ0n) is 11.5. The lowest BCUT2D eigenvalue weighted by atomic mass is 10.1. The molecule has 0 aliphatic heterocycles. The second kappa shape index (κ2) is 7.47. The van der Waals surface area contributed by atoms with Crippen molar-refractivity contribution in [3.05, 3.63) is 34.8 Å². The molecular weight excluding hydrogens is 324 g/mol. The molecule has 0 spiro atoms. The fourth-order valence-electron chi connectivity index (χ4n) is 1.90. The number of ether oxygens (including phenoxy) is 4. The van der Waals surface area contributed by atoms with Gasteiger partial charge in [-0.05, 0) is 34.1 Å². The van der Waals surface area contributed by atoms with Gasteiger partial charge in [0.1, 0.15) is 11.5 Å². The maximum Gasteiger partial charge on any atom is 0.189 e. The van der Waals surface area contributed by atoms with Crippen LogP contribution in [0, 0.1) is 0 Å². The second-order valence-electron chi connectivity index (χ2n) is 4.10. The van der Waals surface area contributed by atoms with Gasteiger partial charge in [0.05, 0.1) is 24.8 Å². The predicted octanol–water partition coefficient (Wildman–Crippen LogP) is 3.61. The first-order chi connectivity index (χ1) is 9.77. The molecule has 5 heteroatoms. The number of hydrogen-bond donors (Lipinski definition) is 0. The average molecular weight is 341 g/mol. The molecule has 0 saturated carbocycles. The highest BCUT2D eigenvalue weighted by Gasteiger charge is 2.10. The van der Waals surface area contributed by atoms with Crippen molar-refractivity contribution in [2.24, 2.45) is 0 Å². The molecule has 0 N–H and O–H groups in total. The Kier molecular flexibility index (Phi) is 5.64. The summed E-state index contributed by atoms with van der Waals surface area (Å²) in [6.45, 7) is 1.23. The van der Waals surface area contributed by atoms with E-state index >= 15 is 0 Å². The van der Waals surface area contributed by atoms with Gasteiger partial charge in [0.15, 0.2) is 6.79 Å². The monoisotopic (exact) mass is 340 g/mol. The van der Waals surface area contributed by atoms with Crippen molar-refractivity contribution < 1.29 is 18.9 Å². The molecule has 2 aromatic carbocycles. The minimum atomic E-state index is 0.179. The van der Waals surface area contributed by atoms with E-state index in [1.54, 1.807) is 14.2 Å². The largest absolute Gasteiger partial charge is 0.496 e. The van der Waals surface area contributed by atoms with E-state index in [2.05, 4.69) is 15.9 Å². The summed E-state index contributed by atoms with van der Waals surface area (Å²) in [7, 11) is 3.29. The summed E-state index contributed by atoms with van der Waals surface area (Å²) in [6.07, 6.45) is 0. The first-order valence-electron chi connectivity index (χ1n) is 6.22. The standard InChI is InChI=1S/C15H17BrO4/c1-17-8-9-19-10-20-15-12-4-3-5-14(18-2)11(12)6-7-13(15)16/h3-7H,8-10H2,1-2H3. The van der Waals surface area contributed by atoms with Gasteiger partial charge in [0.2, 0.25) is 0 Å².